The lowest BCUT2D eigenvalue weighted by molar-refractivity contribution is 0.228. The summed E-state index contributed by atoms with van der Waals surface area (Å²) in [5.41, 5.74) is 6.06. The summed E-state index contributed by atoms with van der Waals surface area (Å²) in [5, 5.41) is 19.2. The summed E-state index contributed by atoms with van der Waals surface area (Å²) in [7, 11) is 0. The number of rotatable bonds is 5. The standard InChI is InChI=1S/C12H19N5O/c1-3-17(4-2)11-7-5-10(6-8-11)9-14-15-12(13)16-18/h5-9,18H,3-4H2,1-2H3,(H3,13,15,16)/b14-9+. The molecule has 0 fully saturated rings. The van der Waals surface area contributed by atoms with Crippen LogP contribution >= 0.6 is 0 Å². The van der Waals surface area contributed by atoms with E-state index in [0.29, 0.717) is 0 Å². The van der Waals surface area contributed by atoms with E-state index in [-0.39, 0.29) is 5.96 Å². The van der Waals surface area contributed by atoms with Crippen molar-refractivity contribution in [3.8, 4) is 0 Å². The fraction of sp³-hybridized carbons (Fsp3) is 0.333. The van der Waals surface area contributed by atoms with Crippen LogP contribution in [0, 0.1) is 5.41 Å². The second kappa shape index (κ2) is 7.29. The third-order valence-corrected chi connectivity index (χ3v) is 2.52. The Balaban J connectivity index is 2.62. The predicted octanol–water partition coefficient (Wildman–Crippen LogP) is 1.37. The molecule has 98 valence electrons. The van der Waals surface area contributed by atoms with Gasteiger partial charge in [0, 0.05) is 18.8 Å². The van der Waals surface area contributed by atoms with Gasteiger partial charge in [-0.3, -0.25) is 10.6 Å². The number of nitrogens with zero attached hydrogens (tertiary/aromatic N) is 2. The summed E-state index contributed by atoms with van der Waals surface area (Å²) in [6, 6.07) is 7.97. The van der Waals surface area contributed by atoms with Crippen LogP contribution in [-0.2, 0) is 0 Å². The molecule has 0 heterocycles. The second-order valence-electron chi connectivity index (χ2n) is 3.62. The van der Waals surface area contributed by atoms with Crippen molar-refractivity contribution < 1.29 is 5.21 Å². The number of hydrogen-bond donors (Lipinski definition) is 4. The van der Waals surface area contributed by atoms with Crippen LogP contribution in [0.4, 0.5) is 5.69 Å². The molecular formula is C12H19N5O. The van der Waals surface area contributed by atoms with Crippen LogP contribution in [0.2, 0.25) is 0 Å². The first-order valence-corrected chi connectivity index (χ1v) is 5.84. The van der Waals surface area contributed by atoms with Gasteiger partial charge in [0.2, 0.25) is 5.96 Å². The fourth-order valence-electron chi connectivity index (χ4n) is 1.56. The molecule has 0 saturated carbocycles. The molecule has 0 aliphatic heterocycles. The van der Waals surface area contributed by atoms with Crippen molar-refractivity contribution in [1.29, 1.82) is 5.41 Å². The van der Waals surface area contributed by atoms with Gasteiger partial charge in [0.15, 0.2) is 0 Å². The summed E-state index contributed by atoms with van der Waals surface area (Å²) in [5.74, 6) is -0.272. The minimum atomic E-state index is -0.272. The highest BCUT2D eigenvalue weighted by Gasteiger charge is 2.00. The summed E-state index contributed by atoms with van der Waals surface area (Å²) >= 11 is 0. The molecule has 1 aromatic rings. The average Bonchev–Trinajstić information content (AvgIpc) is 2.41. The maximum absolute atomic E-state index is 8.37. The highest BCUT2D eigenvalue weighted by Crippen LogP contribution is 2.13. The van der Waals surface area contributed by atoms with Crippen LogP contribution < -0.4 is 15.8 Å². The van der Waals surface area contributed by atoms with Gasteiger partial charge in [-0.05, 0) is 31.5 Å². The highest BCUT2D eigenvalue weighted by atomic mass is 16.5. The van der Waals surface area contributed by atoms with Gasteiger partial charge in [-0.2, -0.15) is 5.10 Å². The highest BCUT2D eigenvalue weighted by molar-refractivity contribution is 5.82. The lowest BCUT2D eigenvalue weighted by Gasteiger charge is -2.20. The average molecular weight is 249 g/mol. The van der Waals surface area contributed by atoms with Crippen LogP contribution in [0.25, 0.3) is 0 Å². The molecule has 0 bridgehead atoms. The van der Waals surface area contributed by atoms with Gasteiger partial charge in [-0.25, -0.2) is 10.9 Å². The zero-order chi connectivity index (χ0) is 13.4. The summed E-state index contributed by atoms with van der Waals surface area (Å²) in [4.78, 5) is 2.25. The van der Waals surface area contributed by atoms with Crippen LogP contribution in [0.1, 0.15) is 19.4 Å². The molecule has 0 aromatic heterocycles. The molecular weight excluding hydrogens is 230 g/mol. The number of benzene rings is 1. The number of hydrogen-bond acceptors (Lipinski definition) is 4. The molecule has 0 aliphatic carbocycles. The number of guanidine groups is 1. The molecule has 4 N–H and O–H groups in total. The van der Waals surface area contributed by atoms with Crippen molar-refractivity contribution in [2.24, 2.45) is 5.10 Å². The molecule has 0 radical (unpaired) electrons. The molecule has 0 amide bonds. The number of nitrogens with one attached hydrogen (secondary N) is 3. The van der Waals surface area contributed by atoms with Crippen LogP contribution in [0.3, 0.4) is 0 Å². The van der Waals surface area contributed by atoms with E-state index in [4.69, 9.17) is 10.6 Å². The third kappa shape index (κ3) is 4.06. The molecule has 0 saturated heterocycles. The monoisotopic (exact) mass is 249 g/mol. The van der Waals surface area contributed by atoms with E-state index in [1.807, 2.05) is 24.3 Å². The quantitative estimate of drug-likeness (QED) is 0.361. The van der Waals surface area contributed by atoms with Crippen LogP contribution in [0.15, 0.2) is 29.4 Å². The zero-order valence-corrected chi connectivity index (χ0v) is 10.6. The van der Waals surface area contributed by atoms with Gasteiger partial charge in [-0.1, -0.05) is 12.1 Å². The maximum Gasteiger partial charge on any atom is 0.233 e. The molecule has 0 unspecified atom stereocenters. The van der Waals surface area contributed by atoms with Crippen molar-refractivity contribution in [3.63, 3.8) is 0 Å². The van der Waals surface area contributed by atoms with Gasteiger partial charge in [0.25, 0.3) is 0 Å². The normalized spacial score (nSPS) is 10.4. The van der Waals surface area contributed by atoms with E-state index < -0.39 is 0 Å². The van der Waals surface area contributed by atoms with Gasteiger partial charge in [0.1, 0.15) is 0 Å². The summed E-state index contributed by atoms with van der Waals surface area (Å²) < 4.78 is 0. The molecule has 0 aliphatic rings. The maximum atomic E-state index is 8.37. The number of hydrazone groups is 1. The molecule has 18 heavy (non-hydrogen) atoms. The Hall–Kier alpha value is -2.08. The minimum absolute atomic E-state index is 0.272. The predicted molar refractivity (Wildman–Crippen MR) is 73.4 cm³/mol. The fourth-order valence-corrected chi connectivity index (χ4v) is 1.56. The Kier molecular flexibility index (Phi) is 5.66. The molecule has 1 aromatic carbocycles. The Morgan fingerprint density at radius 3 is 2.44 bits per heavy atom. The van der Waals surface area contributed by atoms with Gasteiger partial charge >= 0.3 is 0 Å². The lowest BCUT2D eigenvalue weighted by Crippen LogP contribution is -2.30. The second-order valence-corrected chi connectivity index (χ2v) is 3.62. The molecule has 6 nitrogen and oxygen atoms in total. The minimum Gasteiger partial charge on any atom is -0.372 e. The van der Waals surface area contributed by atoms with E-state index in [1.165, 1.54) is 5.69 Å². The Bertz CT molecular complexity index is 397. The van der Waals surface area contributed by atoms with Crippen molar-refractivity contribution >= 4 is 17.9 Å². The Morgan fingerprint density at radius 1 is 1.33 bits per heavy atom. The zero-order valence-electron chi connectivity index (χ0n) is 10.6. The third-order valence-electron chi connectivity index (χ3n) is 2.52. The van der Waals surface area contributed by atoms with Crippen LogP contribution in [-0.4, -0.2) is 30.5 Å². The van der Waals surface area contributed by atoms with E-state index in [1.54, 1.807) is 11.7 Å². The first kappa shape index (κ1) is 14.0. The Labute approximate surface area is 107 Å². The van der Waals surface area contributed by atoms with Gasteiger partial charge in [-0.15, -0.1) is 0 Å². The van der Waals surface area contributed by atoms with Crippen molar-refractivity contribution in [3.05, 3.63) is 29.8 Å². The summed E-state index contributed by atoms with van der Waals surface area (Å²) in [6.45, 7) is 6.20. The van der Waals surface area contributed by atoms with Crippen molar-refractivity contribution in [1.82, 2.24) is 10.9 Å². The van der Waals surface area contributed by atoms with Gasteiger partial charge in [0.05, 0.1) is 6.21 Å². The first-order chi connectivity index (χ1) is 8.71. The smallest absolute Gasteiger partial charge is 0.233 e. The summed E-state index contributed by atoms with van der Waals surface area (Å²) in [6.07, 6.45) is 1.58. The molecule has 0 atom stereocenters. The van der Waals surface area contributed by atoms with Crippen LogP contribution in [0.5, 0.6) is 0 Å². The molecule has 1 rings (SSSR count). The van der Waals surface area contributed by atoms with E-state index in [9.17, 15) is 0 Å². The lowest BCUT2D eigenvalue weighted by atomic mass is 10.2. The Morgan fingerprint density at radius 2 is 1.94 bits per heavy atom. The van der Waals surface area contributed by atoms with Crippen molar-refractivity contribution in [2.45, 2.75) is 13.8 Å². The van der Waals surface area contributed by atoms with E-state index >= 15 is 0 Å². The number of anilines is 1. The van der Waals surface area contributed by atoms with Crippen molar-refractivity contribution in [2.75, 3.05) is 18.0 Å². The molecule has 0 spiro atoms. The number of hydroxylamine groups is 1. The van der Waals surface area contributed by atoms with E-state index in [0.717, 1.165) is 18.7 Å². The SMILES string of the molecule is CCN(CC)c1ccc(/C=N/NC(=N)NO)cc1. The topological polar surface area (TPSA) is 83.7 Å². The largest absolute Gasteiger partial charge is 0.372 e. The van der Waals surface area contributed by atoms with Gasteiger partial charge < -0.3 is 4.90 Å². The first-order valence-electron chi connectivity index (χ1n) is 5.84. The van der Waals surface area contributed by atoms with E-state index in [2.05, 4.69) is 29.3 Å². The molecule has 6 heteroatoms.